The minimum Gasteiger partial charge on any atom is -0.462 e. The number of carbonyl (C=O) groups excluding carboxylic acids is 3. The van der Waals surface area contributed by atoms with Crippen molar-refractivity contribution >= 4 is 17.9 Å². The molecule has 0 aliphatic carbocycles. The van der Waals surface area contributed by atoms with Crippen LogP contribution in [0.4, 0.5) is 0 Å². The molecule has 1 atom stereocenters. The summed E-state index contributed by atoms with van der Waals surface area (Å²) in [6, 6.07) is 0. The number of rotatable bonds is 49. The summed E-state index contributed by atoms with van der Waals surface area (Å²) in [4.78, 5) is 38.1. The molecule has 0 saturated heterocycles. The fraction of sp³-hybridized carbons (Fsp3) is 0.661. The molecule has 6 heteroatoms. The third-order valence-corrected chi connectivity index (χ3v) is 11.7. The van der Waals surface area contributed by atoms with Gasteiger partial charge in [-0.3, -0.25) is 14.4 Å². The lowest BCUT2D eigenvalue weighted by atomic mass is 10.0. The molecule has 0 rings (SSSR count). The van der Waals surface area contributed by atoms with Gasteiger partial charge in [-0.05, 0) is 77.0 Å². The van der Waals surface area contributed by atoms with Gasteiger partial charge in [0.2, 0.25) is 0 Å². The van der Waals surface area contributed by atoms with E-state index in [0.29, 0.717) is 19.3 Å². The summed E-state index contributed by atoms with van der Waals surface area (Å²) in [5.74, 6) is -0.952. The molecule has 0 aromatic carbocycles. The normalized spacial score (nSPS) is 12.9. The minimum atomic E-state index is -0.802. The molecule has 68 heavy (non-hydrogen) atoms. The van der Waals surface area contributed by atoms with Crippen molar-refractivity contribution in [3.8, 4) is 0 Å². The molecule has 0 saturated carbocycles. The van der Waals surface area contributed by atoms with Crippen LogP contribution < -0.4 is 0 Å². The van der Waals surface area contributed by atoms with Gasteiger partial charge in [0.05, 0.1) is 0 Å². The first-order valence-corrected chi connectivity index (χ1v) is 28.0. The Kier molecular flexibility index (Phi) is 52.4. The maximum absolute atomic E-state index is 12.8. The maximum atomic E-state index is 12.8. The van der Waals surface area contributed by atoms with Crippen molar-refractivity contribution in [2.45, 2.75) is 252 Å². The molecular formula is C62H102O6. The summed E-state index contributed by atoms with van der Waals surface area (Å²) in [6.07, 6.45) is 75.0. The van der Waals surface area contributed by atoms with Gasteiger partial charge in [-0.2, -0.15) is 0 Å². The molecule has 0 heterocycles. The third-order valence-electron chi connectivity index (χ3n) is 11.7. The van der Waals surface area contributed by atoms with Crippen molar-refractivity contribution in [3.05, 3.63) is 109 Å². The molecule has 0 aromatic rings. The first-order chi connectivity index (χ1) is 33.5. The number of esters is 3. The zero-order chi connectivity index (χ0) is 49.3. The fourth-order valence-corrected chi connectivity index (χ4v) is 7.51. The van der Waals surface area contributed by atoms with E-state index in [2.05, 4.69) is 81.5 Å². The molecular weight excluding hydrogens is 841 g/mol. The number of allylic oxidation sites excluding steroid dienone is 18. The topological polar surface area (TPSA) is 78.9 Å². The van der Waals surface area contributed by atoms with Crippen LogP contribution in [0.2, 0.25) is 0 Å². The highest BCUT2D eigenvalue weighted by Crippen LogP contribution is 2.15. The van der Waals surface area contributed by atoms with Gasteiger partial charge >= 0.3 is 17.9 Å². The van der Waals surface area contributed by atoms with E-state index in [9.17, 15) is 14.4 Å². The van der Waals surface area contributed by atoms with Crippen molar-refractivity contribution in [2.24, 2.45) is 0 Å². The summed E-state index contributed by atoms with van der Waals surface area (Å²) in [5, 5.41) is 0. The zero-order valence-electron chi connectivity index (χ0n) is 44.1. The van der Waals surface area contributed by atoms with Gasteiger partial charge < -0.3 is 14.2 Å². The van der Waals surface area contributed by atoms with Crippen LogP contribution in [0, 0.1) is 0 Å². The Balaban J connectivity index is 4.47. The Morgan fingerprint density at radius 2 is 0.647 bits per heavy atom. The third kappa shape index (κ3) is 53.0. The smallest absolute Gasteiger partial charge is 0.306 e. The summed E-state index contributed by atoms with van der Waals surface area (Å²) >= 11 is 0. The Morgan fingerprint density at radius 3 is 1.09 bits per heavy atom. The average molecular weight is 943 g/mol. The van der Waals surface area contributed by atoms with Crippen LogP contribution >= 0.6 is 0 Å². The van der Waals surface area contributed by atoms with E-state index in [1.54, 1.807) is 0 Å². The van der Waals surface area contributed by atoms with Crippen LogP contribution in [0.1, 0.15) is 245 Å². The van der Waals surface area contributed by atoms with Crippen molar-refractivity contribution in [1.29, 1.82) is 0 Å². The van der Waals surface area contributed by atoms with E-state index < -0.39 is 6.10 Å². The van der Waals surface area contributed by atoms with Crippen LogP contribution in [-0.4, -0.2) is 37.2 Å². The Bertz CT molecular complexity index is 1410. The van der Waals surface area contributed by atoms with Crippen LogP contribution in [-0.2, 0) is 28.6 Å². The van der Waals surface area contributed by atoms with E-state index in [1.165, 1.54) is 96.3 Å². The molecule has 6 nitrogen and oxygen atoms in total. The standard InChI is InChI=1S/C62H102O6/c1-4-7-10-13-16-19-22-25-28-30-31-32-35-37-40-43-46-49-52-55-61(64)67-58-59(57-66-60(63)54-51-48-45-42-39-36-33-27-24-21-18-15-12-9-6-3)68-62(65)56-53-50-47-44-41-38-34-29-26-23-20-17-14-11-8-5-2/h7,9-10,12,15-16,18-19,21,24-25,27-28,31-33,36,39,59H,4-6,8,11,13-14,17,20,22-23,26,29-30,34-35,37-38,40-58H2,1-3H3/b10-7-,12-9-,18-15-,19-16-,24-21-,28-25-,32-31-,33-27-,39-36-. The van der Waals surface area contributed by atoms with Gasteiger partial charge in [-0.15, -0.1) is 0 Å². The number of unbranched alkanes of at least 4 members (excludes halogenated alkanes) is 24. The van der Waals surface area contributed by atoms with Gasteiger partial charge in [-0.25, -0.2) is 0 Å². The quantitative estimate of drug-likeness (QED) is 0.0199. The van der Waals surface area contributed by atoms with E-state index in [0.717, 1.165) is 109 Å². The van der Waals surface area contributed by atoms with E-state index in [4.69, 9.17) is 14.2 Å². The minimum absolute atomic E-state index is 0.0995. The van der Waals surface area contributed by atoms with E-state index in [-0.39, 0.29) is 31.1 Å². The molecule has 386 valence electrons. The first-order valence-electron chi connectivity index (χ1n) is 28.0. The number of carbonyl (C=O) groups is 3. The van der Waals surface area contributed by atoms with Crippen molar-refractivity contribution < 1.29 is 28.6 Å². The van der Waals surface area contributed by atoms with Gasteiger partial charge in [-0.1, -0.05) is 259 Å². The maximum Gasteiger partial charge on any atom is 0.306 e. The summed E-state index contributed by atoms with van der Waals surface area (Å²) in [7, 11) is 0. The van der Waals surface area contributed by atoms with E-state index >= 15 is 0 Å². The lowest BCUT2D eigenvalue weighted by Crippen LogP contribution is -2.30. The Labute approximate surface area is 419 Å². The molecule has 1 unspecified atom stereocenters. The van der Waals surface area contributed by atoms with Gasteiger partial charge in [0, 0.05) is 19.3 Å². The van der Waals surface area contributed by atoms with Crippen molar-refractivity contribution in [2.75, 3.05) is 13.2 Å². The van der Waals surface area contributed by atoms with Crippen LogP contribution in [0.25, 0.3) is 0 Å². The molecule has 0 N–H and O–H groups in total. The van der Waals surface area contributed by atoms with Crippen LogP contribution in [0.15, 0.2) is 109 Å². The summed E-state index contributed by atoms with van der Waals surface area (Å²) in [6.45, 7) is 6.34. The van der Waals surface area contributed by atoms with Crippen LogP contribution in [0.3, 0.4) is 0 Å². The van der Waals surface area contributed by atoms with Gasteiger partial charge in [0.25, 0.3) is 0 Å². The molecule has 0 amide bonds. The largest absolute Gasteiger partial charge is 0.462 e. The molecule has 0 fully saturated rings. The number of hydrogen-bond donors (Lipinski definition) is 0. The molecule has 0 radical (unpaired) electrons. The zero-order valence-corrected chi connectivity index (χ0v) is 44.1. The SMILES string of the molecule is CC\C=C/C=C\C=C/C=C\C=C/CCCCCC(=O)OCC(COC(=O)CCCCCCCC/C=C\C/C=C\C/C=C\C/C=C\CC)OC(=O)CCCCCCCCCCCCCCCCCC. The molecule has 0 aromatic heterocycles. The van der Waals surface area contributed by atoms with Crippen molar-refractivity contribution in [1.82, 2.24) is 0 Å². The van der Waals surface area contributed by atoms with Gasteiger partial charge in [0.15, 0.2) is 6.10 Å². The molecule has 0 bridgehead atoms. The second-order valence-corrected chi connectivity index (χ2v) is 18.2. The highest BCUT2D eigenvalue weighted by Gasteiger charge is 2.19. The van der Waals surface area contributed by atoms with Gasteiger partial charge in [0.1, 0.15) is 13.2 Å². The highest BCUT2D eigenvalue weighted by molar-refractivity contribution is 5.71. The Hall–Kier alpha value is -3.93. The van der Waals surface area contributed by atoms with E-state index in [1.807, 2.05) is 48.6 Å². The predicted octanol–water partition coefficient (Wildman–Crippen LogP) is 18.7. The lowest BCUT2D eigenvalue weighted by Gasteiger charge is -2.18. The first kappa shape index (κ1) is 64.1. The highest BCUT2D eigenvalue weighted by atomic mass is 16.6. The molecule has 0 aliphatic heterocycles. The number of ether oxygens (including phenoxy) is 3. The summed E-state index contributed by atoms with van der Waals surface area (Å²) in [5.41, 5.74) is 0. The average Bonchev–Trinajstić information content (AvgIpc) is 3.34. The lowest BCUT2D eigenvalue weighted by molar-refractivity contribution is -0.167. The number of hydrogen-bond acceptors (Lipinski definition) is 6. The van der Waals surface area contributed by atoms with Crippen molar-refractivity contribution in [3.63, 3.8) is 0 Å². The second-order valence-electron chi connectivity index (χ2n) is 18.2. The van der Waals surface area contributed by atoms with Crippen LogP contribution in [0.5, 0.6) is 0 Å². The summed E-state index contributed by atoms with van der Waals surface area (Å²) < 4.78 is 16.8. The molecule has 0 aliphatic rings. The predicted molar refractivity (Wildman–Crippen MR) is 293 cm³/mol. The second kappa shape index (κ2) is 55.7. The fourth-order valence-electron chi connectivity index (χ4n) is 7.51. The Morgan fingerprint density at radius 1 is 0.324 bits per heavy atom. The molecule has 0 spiro atoms. The monoisotopic (exact) mass is 943 g/mol.